The van der Waals surface area contributed by atoms with Crippen molar-refractivity contribution in [2.24, 2.45) is 0 Å². The summed E-state index contributed by atoms with van der Waals surface area (Å²) in [6.45, 7) is 5.14. The summed E-state index contributed by atoms with van der Waals surface area (Å²) in [5.74, 6) is -0.869. The van der Waals surface area contributed by atoms with Crippen molar-refractivity contribution in [1.82, 2.24) is 9.97 Å². The third-order valence-electron chi connectivity index (χ3n) is 1.62. The molecule has 0 saturated heterocycles. The number of carbonyl (C=O) groups is 1. The van der Waals surface area contributed by atoms with E-state index < -0.39 is 10.7 Å². The Kier molecular flexibility index (Phi) is 3.10. The van der Waals surface area contributed by atoms with Crippen LogP contribution >= 0.6 is 11.8 Å². The topological polar surface area (TPSA) is 63.1 Å². The van der Waals surface area contributed by atoms with E-state index in [-0.39, 0.29) is 0 Å². The van der Waals surface area contributed by atoms with Gasteiger partial charge in [-0.1, -0.05) is 11.8 Å². The van der Waals surface area contributed by atoms with Crippen molar-refractivity contribution >= 4 is 17.7 Å². The van der Waals surface area contributed by atoms with Gasteiger partial charge < -0.3 is 5.11 Å². The highest BCUT2D eigenvalue weighted by Crippen LogP contribution is 2.29. The minimum absolute atomic E-state index is 0.489. The van der Waals surface area contributed by atoms with Crippen LogP contribution in [0.15, 0.2) is 17.6 Å². The summed E-state index contributed by atoms with van der Waals surface area (Å²) in [4.78, 5) is 18.9. The lowest BCUT2D eigenvalue weighted by molar-refractivity contribution is -0.138. The Labute approximate surface area is 86.8 Å². The second-order valence-electron chi connectivity index (χ2n) is 3.46. The molecule has 1 heterocycles. The minimum atomic E-state index is -0.894. The number of hydrogen-bond acceptors (Lipinski definition) is 4. The minimum Gasteiger partial charge on any atom is -0.480 e. The number of thioether (sulfide) groups is 1. The number of aliphatic carboxylic acids is 1. The lowest BCUT2D eigenvalue weighted by Crippen LogP contribution is -2.27. The normalized spacial score (nSPS) is 11.4. The van der Waals surface area contributed by atoms with Gasteiger partial charge in [0, 0.05) is 12.4 Å². The van der Waals surface area contributed by atoms with Crippen LogP contribution < -0.4 is 0 Å². The quantitative estimate of drug-likeness (QED) is 0.610. The van der Waals surface area contributed by atoms with Gasteiger partial charge in [0.15, 0.2) is 5.16 Å². The zero-order chi connectivity index (χ0) is 10.8. The van der Waals surface area contributed by atoms with E-state index in [4.69, 9.17) is 5.11 Å². The molecule has 0 unspecified atom stereocenters. The van der Waals surface area contributed by atoms with Gasteiger partial charge in [-0.15, -0.1) is 0 Å². The van der Waals surface area contributed by atoms with Crippen LogP contribution in [0.4, 0.5) is 0 Å². The molecule has 0 aliphatic rings. The van der Waals surface area contributed by atoms with Crippen molar-refractivity contribution in [2.75, 3.05) is 0 Å². The molecule has 1 aromatic heterocycles. The lowest BCUT2D eigenvalue weighted by atomic mass is 10.2. The summed E-state index contributed by atoms with van der Waals surface area (Å²) in [6.07, 6.45) is 3.35. The Morgan fingerprint density at radius 1 is 1.43 bits per heavy atom. The first-order valence-corrected chi connectivity index (χ1v) is 4.94. The number of rotatable bonds is 3. The molecule has 0 aliphatic carbocycles. The van der Waals surface area contributed by atoms with Gasteiger partial charge in [0.2, 0.25) is 0 Å². The van der Waals surface area contributed by atoms with Crippen molar-refractivity contribution < 1.29 is 9.90 Å². The van der Waals surface area contributed by atoms with E-state index in [0.29, 0.717) is 5.16 Å². The maximum atomic E-state index is 10.8. The Morgan fingerprint density at radius 3 is 2.36 bits per heavy atom. The summed E-state index contributed by atoms with van der Waals surface area (Å²) in [5.41, 5.74) is 0.961. The molecule has 0 fully saturated rings. The van der Waals surface area contributed by atoms with Crippen LogP contribution in [0, 0.1) is 6.92 Å². The summed E-state index contributed by atoms with van der Waals surface area (Å²) < 4.78 is -0.894. The molecule has 1 N–H and O–H groups in total. The maximum absolute atomic E-state index is 10.8. The number of carboxylic acid groups (broad SMARTS) is 1. The number of hydrogen-bond donors (Lipinski definition) is 1. The molecular weight excluding hydrogens is 200 g/mol. The molecule has 0 radical (unpaired) electrons. The van der Waals surface area contributed by atoms with Gasteiger partial charge in [0.05, 0.1) is 0 Å². The second kappa shape index (κ2) is 3.96. The second-order valence-corrected chi connectivity index (χ2v) is 5.05. The first kappa shape index (κ1) is 11.0. The number of aromatic nitrogens is 2. The van der Waals surface area contributed by atoms with E-state index in [2.05, 4.69) is 9.97 Å². The van der Waals surface area contributed by atoms with Crippen molar-refractivity contribution in [1.29, 1.82) is 0 Å². The van der Waals surface area contributed by atoms with E-state index in [1.807, 2.05) is 6.92 Å². The number of nitrogens with zero attached hydrogens (tertiary/aromatic N) is 2. The molecule has 14 heavy (non-hydrogen) atoms. The molecule has 5 heteroatoms. The van der Waals surface area contributed by atoms with Crippen LogP contribution in [0.3, 0.4) is 0 Å². The number of aryl methyl sites for hydroxylation is 1. The van der Waals surface area contributed by atoms with E-state index >= 15 is 0 Å². The van der Waals surface area contributed by atoms with Gasteiger partial charge >= 0.3 is 5.97 Å². The summed E-state index contributed by atoms with van der Waals surface area (Å²) in [6, 6.07) is 0. The fourth-order valence-electron chi connectivity index (χ4n) is 0.705. The highest BCUT2D eigenvalue weighted by molar-refractivity contribution is 8.01. The van der Waals surface area contributed by atoms with Crippen molar-refractivity contribution in [2.45, 2.75) is 30.7 Å². The fraction of sp³-hybridized carbons (Fsp3) is 0.444. The predicted octanol–water partition coefficient (Wildman–Crippen LogP) is 1.74. The summed E-state index contributed by atoms with van der Waals surface area (Å²) >= 11 is 1.14. The largest absolute Gasteiger partial charge is 0.480 e. The van der Waals surface area contributed by atoms with Crippen LogP contribution in [0.25, 0.3) is 0 Å². The van der Waals surface area contributed by atoms with E-state index in [9.17, 15) is 4.79 Å². The molecule has 4 nitrogen and oxygen atoms in total. The maximum Gasteiger partial charge on any atom is 0.319 e. The predicted molar refractivity (Wildman–Crippen MR) is 54.3 cm³/mol. The highest BCUT2D eigenvalue weighted by atomic mass is 32.2. The SMILES string of the molecule is Cc1cnc(SC(C)(C)C(=O)O)nc1. The van der Waals surface area contributed by atoms with Crippen LogP contribution in [0.1, 0.15) is 19.4 Å². The Morgan fingerprint density at radius 2 is 1.93 bits per heavy atom. The third-order valence-corrected chi connectivity index (χ3v) is 2.70. The fourth-order valence-corrected chi connectivity index (χ4v) is 1.46. The lowest BCUT2D eigenvalue weighted by Gasteiger charge is -2.16. The Bertz CT molecular complexity index is 335. The van der Waals surface area contributed by atoms with Crippen LogP contribution in [-0.2, 0) is 4.79 Å². The molecular formula is C9H12N2O2S. The smallest absolute Gasteiger partial charge is 0.319 e. The molecule has 0 saturated carbocycles. The molecule has 1 rings (SSSR count). The average Bonchev–Trinajstić information content (AvgIpc) is 2.08. The van der Waals surface area contributed by atoms with Crippen molar-refractivity contribution in [3.8, 4) is 0 Å². The van der Waals surface area contributed by atoms with Crippen LogP contribution in [0.2, 0.25) is 0 Å². The zero-order valence-electron chi connectivity index (χ0n) is 8.31. The molecule has 0 atom stereocenters. The Balaban J connectivity index is 2.79. The van der Waals surface area contributed by atoms with Gasteiger partial charge in [-0.3, -0.25) is 4.79 Å². The molecule has 0 bridgehead atoms. The molecule has 76 valence electrons. The van der Waals surface area contributed by atoms with Crippen LogP contribution in [0.5, 0.6) is 0 Å². The molecule has 0 aliphatic heterocycles. The molecule has 0 aromatic carbocycles. The van der Waals surface area contributed by atoms with Gasteiger partial charge in [-0.05, 0) is 26.3 Å². The highest BCUT2D eigenvalue weighted by Gasteiger charge is 2.29. The van der Waals surface area contributed by atoms with Gasteiger partial charge in [0.25, 0.3) is 0 Å². The average molecular weight is 212 g/mol. The number of carboxylic acids is 1. The third kappa shape index (κ3) is 2.70. The summed E-state index contributed by atoms with van der Waals surface area (Å²) in [7, 11) is 0. The first-order valence-electron chi connectivity index (χ1n) is 4.13. The van der Waals surface area contributed by atoms with E-state index in [1.54, 1.807) is 26.2 Å². The van der Waals surface area contributed by atoms with Gasteiger partial charge in [0.1, 0.15) is 4.75 Å². The van der Waals surface area contributed by atoms with Crippen molar-refractivity contribution in [3.63, 3.8) is 0 Å². The van der Waals surface area contributed by atoms with Gasteiger partial charge in [-0.25, -0.2) is 9.97 Å². The first-order chi connectivity index (χ1) is 6.42. The molecule has 0 amide bonds. The Hall–Kier alpha value is -1.10. The van der Waals surface area contributed by atoms with Crippen LogP contribution in [-0.4, -0.2) is 25.8 Å². The molecule has 0 spiro atoms. The monoisotopic (exact) mass is 212 g/mol. The zero-order valence-corrected chi connectivity index (χ0v) is 9.13. The van der Waals surface area contributed by atoms with Gasteiger partial charge in [-0.2, -0.15) is 0 Å². The standard InChI is InChI=1S/C9H12N2O2S/c1-6-4-10-8(11-5-6)14-9(2,3)7(12)13/h4-5H,1-3H3,(H,12,13). The van der Waals surface area contributed by atoms with Crippen molar-refractivity contribution in [3.05, 3.63) is 18.0 Å². The van der Waals surface area contributed by atoms with E-state index in [1.165, 1.54) is 0 Å². The van der Waals surface area contributed by atoms with E-state index in [0.717, 1.165) is 17.3 Å². The summed E-state index contributed by atoms with van der Waals surface area (Å²) in [5, 5.41) is 9.37. The molecule has 1 aromatic rings.